The van der Waals surface area contributed by atoms with E-state index in [9.17, 15) is 13.2 Å². The van der Waals surface area contributed by atoms with Crippen molar-refractivity contribution < 1.29 is 23.1 Å². The zero-order chi connectivity index (χ0) is 19.3. The molecule has 1 saturated heterocycles. The molecule has 1 atom stereocenters. The van der Waals surface area contributed by atoms with Crippen molar-refractivity contribution in [2.45, 2.75) is 44.6 Å². The van der Waals surface area contributed by atoms with E-state index < -0.39 is 16.0 Å². The number of aliphatic carboxylic acids is 1. The molecular formula is C18H29ClN2O5S. The molecule has 1 aliphatic rings. The van der Waals surface area contributed by atoms with E-state index in [2.05, 4.69) is 5.32 Å². The van der Waals surface area contributed by atoms with Crippen LogP contribution in [-0.2, 0) is 14.8 Å². The van der Waals surface area contributed by atoms with Crippen molar-refractivity contribution in [2.24, 2.45) is 5.92 Å². The highest BCUT2D eigenvalue weighted by Crippen LogP contribution is 2.27. The molecule has 1 aromatic rings. The molecule has 154 valence electrons. The second-order valence-corrected chi connectivity index (χ2v) is 8.93. The van der Waals surface area contributed by atoms with E-state index in [1.807, 2.05) is 20.8 Å². The number of nitrogens with one attached hydrogen (secondary N) is 1. The predicted molar refractivity (Wildman–Crippen MR) is 106 cm³/mol. The summed E-state index contributed by atoms with van der Waals surface area (Å²) in [5.41, 5.74) is 0.788. The van der Waals surface area contributed by atoms with Crippen LogP contribution in [0.1, 0.15) is 32.3 Å². The molecule has 0 saturated carbocycles. The molecule has 1 aliphatic heterocycles. The third-order valence-electron chi connectivity index (χ3n) is 4.34. The first-order chi connectivity index (χ1) is 12.2. The van der Waals surface area contributed by atoms with Crippen LogP contribution in [0.2, 0.25) is 0 Å². The van der Waals surface area contributed by atoms with Gasteiger partial charge in [-0.25, -0.2) is 8.42 Å². The number of nitrogens with zero attached hydrogens (tertiary/aromatic N) is 1. The lowest BCUT2D eigenvalue weighted by atomic mass is 10.00. The van der Waals surface area contributed by atoms with Gasteiger partial charge in [0.1, 0.15) is 5.75 Å². The quantitative estimate of drug-likeness (QED) is 0.669. The molecule has 1 heterocycles. The molecule has 1 aromatic carbocycles. The van der Waals surface area contributed by atoms with Crippen molar-refractivity contribution in [3.05, 3.63) is 23.8 Å². The number of hydrogen-bond acceptors (Lipinski definition) is 5. The molecule has 2 rings (SSSR count). The van der Waals surface area contributed by atoms with Gasteiger partial charge in [-0.3, -0.25) is 4.79 Å². The van der Waals surface area contributed by atoms with Crippen molar-refractivity contribution in [2.75, 3.05) is 26.2 Å². The van der Waals surface area contributed by atoms with Gasteiger partial charge in [-0.2, -0.15) is 4.31 Å². The highest BCUT2D eigenvalue weighted by molar-refractivity contribution is 7.89. The first kappa shape index (κ1) is 23.7. The van der Waals surface area contributed by atoms with Gasteiger partial charge in [0, 0.05) is 13.1 Å². The molecule has 9 heteroatoms. The fourth-order valence-corrected chi connectivity index (χ4v) is 4.75. The SMILES string of the molecule is Cc1cc(S(=O)(=O)N2CCCC(CNCC(=O)O)C2)ccc1OC(C)C.Cl. The molecule has 27 heavy (non-hydrogen) atoms. The number of sulfonamides is 1. The summed E-state index contributed by atoms with van der Waals surface area (Å²) in [6, 6.07) is 4.95. The van der Waals surface area contributed by atoms with E-state index in [0.29, 0.717) is 25.4 Å². The lowest BCUT2D eigenvalue weighted by Gasteiger charge is -2.32. The summed E-state index contributed by atoms with van der Waals surface area (Å²) in [6.07, 6.45) is 1.68. The summed E-state index contributed by atoms with van der Waals surface area (Å²) in [4.78, 5) is 10.9. The van der Waals surface area contributed by atoms with Gasteiger partial charge in [0.05, 0.1) is 17.5 Å². The minimum absolute atomic E-state index is 0. The van der Waals surface area contributed by atoms with Crippen LogP contribution in [0.15, 0.2) is 23.1 Å². The minimum Gasteiger partial charge on any atom is -0.491 e. The number of carbonyl (C=O) groups is 1. The second-order valence-electron chi connectivity index (χ2n) is 6.99. The molecule has 0 aromatic heterocycles. The topological polar surface area (TPSA) is 95.9 Å². The highest BCUT2D eigenvalue weighted by atomic mass is 35.5. The van der Waals surface area contributed by atoms with E-state index >= 15 is 0 Å². The van der Waals surface area contributed by atoms with Crippen molar-refractivity contribution in [3.8, 4) is 5.75 Å². The molecule has 0 spiro atoms. The Morgan fingerprint density at radius 3 is 2.70 bits per heavy atom. The maximum absolute atomic E-state index is 13.0. The monoisotopic (exact) mass is 420 g/mol. The molecule has 7 nitrogen and oxygen atoms in total. The summed E-state index contributed by atoms with van der Waals surface area (Å²) >= 11 is 0. The summed E-state index contributed by atoms with van der Waals surface area (Å²) in [5.74, 6) is -0.111. The number of piperidine rings is 1. The lowest BCUT2D eigenvalue weighted by molar-refractivity contribution is -0.136. The molecule has 0 bridgehead atoms. The largest absolute Gasteiger partial charge is 0.491 e. The number of carboxylic acids is 1. The standard InChI is InChI=1S/C18H28N2O5S.ClH/c1-13(2)25-17-7-6-16(9-14(17)3)26(23,24)20-8-4-5-15(12-20)10-19-11-18(21)22;/h6-7,9,13,15,19H,4-5,8,10-12H2,1-3H3,(H,21,22);1H. The van der Waals surface area contributed by atoms with E-state index in [0.717, 1.165) is 18.4 Å². The Hall–Kier alpha value is -1.35. The number of halogens is 1. The number of carboxylic acid groups (broad SMARTS) is 1. The molecule has 0 aliphatic carbocycles. The molecule has 0 amide bonds. The number of ether oxygens (including phenoxy) is 1. The van der Waals surface area contributed by atoms with Crippen LogP contribution in [0.5, 0.6) is 5.75 Å². The zero-order valence-corrected chi connectivity index (χ0v) is 17.6. The number of rotatable bonds is 8. The van der Waals surface area contributed by atoms with Crippen LogP contribution in [0, 0.1) is 12.8 Å². The summed E-state index contributed by atoms with van der Waals surface area (Å²) in [6.45, 7) is 6.97. The average molecular weight is 421 g/mol. The Labute approximate surface area is 167 Å². The van der Waals surface area contributed by atoms with Crippen LogP contribution in [0.4, 0.5) is 0 Å². The number of benzene rings is 1. The van der Waals surface area contributed by atoms with Crippen LogP contribution >= 0.6 is 12.4 Å². The van der Waals surface area contributed by atoms with Crippen molar-refractivity contribution in [3.63, 3.8) is 0 Å². The maximum Gasteiger partial charge on any atom is 0.317 e. The van der Waals surface area contributed by atoms with Crippen molar-refractivity contribution >= 4 is 28.4 Å². The van der Waals surface area contributed by atoms with Crippen LogP contribution < -0.4 is 10.1 Å². The Balaban J connectivity index is 0.00000364. The smallest absolute Gasteiger partial charge is 0.317 e. The Kier molecular flexibility index (Phi) is 9.01. The Morgan fingerprint density at radius 2 is 2.11 bits per heavy atom. The zero-order valence-electron chi connectivity index (χ0n) is 16.0. The minimum atomic E-state index is -3.57. The van der Waals surface area contributed by atoms with Gasteiger partial charge in [0.2, 0.25) is 10.0 Å². The van der Waals surface area contributed by atoms with Crippen LogP contribution in [-0.4, -0.2) is 56.1 Å². The van der Waals surface area contributed by atoms with Gasteiger partial charge < -0.3 is 15.2 Å². The Bertz CT molecular complexity index is 739. The van der Waals surface area contributed by atoms with E-state index in [1.165, 1.54) is 4.31 Å². The third-order valence-corrected chi connectivity index (χ3v) is 6.20. The lowest BCUT2D eigenvalue weighted by Crippen LogP contribution is -2.43. The van der Waals surface area contributed by atoms with Gasteiger partial charge in [-0.15, -0.1) is 12.4 Å². The van der Waals surface area contributed by atoms with E-state index in [1.54, 1.807) is 18.2 Å². The average Bonchev–Trinajstić information content (AvgIpc) is 2.56. The summed E-state index contributed by atoms with van der Waals surface area (Å²) in [7, 11) is -3.57. The van der Waals surface area contributed by atoms with Crippen LogP contribution in [0.25, 0.3) is 0 Å². The van der Waals surface area contributed by atoms with Crippen LogP contribution in [0.3, 0.4) is 0 Å². The molecule has 1 fully saturated rings. The van der Waals surface area contributed by atoms with Gasteiger partial charge >= 0.3 is 5.97 Å². The van der Waals surface area contributed by atoms with Crippen molar-refractivity contribution in [1.82, 2.24) is 9.62 Å². The molecule has 1 unspecified atom stereocenters. The van der Waals surface area contributed by atoms with Crippen molar-refractivity contribution in [1.29, 1.82) is 0 Å². The molecule has 0 radical (unpaired) electrons. The molecular weight excluding hydrogens is 392 g/mol. The molecule has 2 N–H and O–H groups in total. The number of hydrogen-bond donors (Lipinski definition) is 2. The fraction of sp³-hybridized carbons (Fsp3) is 0.611. The second kappa shape index (κ2) is 10.3. The maximum atomic E-state index is 13.0. The normalized spacial score (nSPS) is 18.1. The first-order valence-electron chi connectivity index (χ1n) is 8.90. The summed E-state index contributed by atoms with van der Waals surface area (Å²) in [5, 5.41) is 11.6. The van der Waals surface area contributed by atoms with Gasteiger partial charge in [0.15, 0.2) is 0 Å². The number of aryl methyl sites for hydroxylation is 1. The van der Waals surface area contributed by atoms with Gasteiger partial charge in [-0.05, 0) is 69.8 Å². The Morgan fingerprint density at radius 1 is 1.41 bits per heavy atom. The summed E-state index contributed by atoms with van der Waals surface area (Å²) < 4.78 is 33.1. The first-order valence-corrected chi connectivity index (χ1v) is 10.3. The van der Waals surface area contributed by atoms with E-state index in [-0.39, 0.29) is 35.9 Å². The highest BCUT2D eigenvalue weighted by Gasteiger charge is 2.30. The third kappa shape index (κ3) is 6.64. The fourth-order valence-electron chi connectivity index (χ4n) is 3.11. The van der Waals surface area contributed by atoms with Gasteiger partial charge in [0.25, 0.3) is 0 Å². The van der Waals surface area contributed by atoms with Gasteiger partial charge in [-0.1, -0.05) is 0 Å². The predicted octanol–water partition coefficient (Wildman–Crippen LogP) is 2.28. The van der Waals surface area contributed by atoms with E-state index in [4.69, 9.17) is 9.84 Å².